The van der Waals surface area contributed by atoms with Gasteiger partial charge in [0.15, 0.2) is 11.5 Å². The van der Waals surface area contributed by atoms with E-state index in [-0.39, 0.29) is 12.5 Å². The Hall–Kier alpha value is -1.88. The van der Waals surface area contributed by atoms with Crippen molar-refractivity contribution < 1.29 is 14.3 Å². The van der Waals surface area contributed by atoms with Gasteiger partial charge in [-0.15, -0.1) is 0 Å². The highest BCUT2D eigenvalue weighted by atomic mass is 35.5. The summed E-state index contributed by atoms with van der Waals surface area (Å²) in [6.45, 7) is 3.65. The molecular weight excluding hydrogens is 256 g/mol. The van der Waals surface area contributed by atoms with Crippen molar-refractivity contribution in [3.05, 3.63) is 29.3 Å². The molecule has 0 bridgehead atoms. The van der Waals surface area contributed by atoms with Gasteiger partial charge in [-0.25, -0.2) is 0 Å². The van der Waals surface area contributed by atoms with Crippen molar-refractivity contribution in [3.63, 3.8) is 0 Å². The number of rotatable bonds is 5. The van der Waals surface area contributed by atoms with Gasteiger partial charge in [-0.3, -0.25) is 4.79 Å². The fourth-order valence-electron chi connectivity index (χ4n) is 1.36. The molecule has 98 valence electrons. The summed E-state index contributed by atoms with van der Waals surface area (Å²) in [7, 11) is 2.98. The Bertz CT molecular complexity index is 475. The number of hydrogen-bond acceptors (Lipinski definition) is 4. The highest BCUT2D eigenvalue weighted by Crippen LogP contribution is 2.31. The second-order valence-electron chi connectivity index (χ2n) is 3.49. The number of hydrogen-bond donors (Lipinski definition) is 2. The van der Waals surface area contributed by atoms with Crippen molar-refractivity contribution >= 4 is 23.2 Å². The van der Waals surface area contributed by atoms with E-state index in [1.165, 1.54) is 26.4 Å². The van der Waals surface area contributed by atoms with E-state index in [4.69, 9.17) is 26.8 Å². The molecule has 1 amide bonds. The van der Waals surface area contributed by atoms with E-state index in [0.717, 1.165) is 0 Å². The second kappa shape index (κ2) is 6.16. The van der Waals surface area contributed by atoms with Crippen LogP contribution in [0.3, 0.4) is 0 Å². The lowest BCUT2D eigenvalue weighted by Crippen LogP contribution is -2.25. The van der Waals surface area contributed by atoms with Crippen LogP contribution < -0.4 is 20.5 Å². The van der Waals surface area contributed by atoms with E-state index in [1.807, 2.05) is 0 Å². The van der Waals surface area contributed by atoms with Crippen LogP contribution in [0.4, 0.5) is 5.69 Å². The van der Waals surface area contributed by atoms with Gasteiger partial charge in [0, 0.05) is 16.8 Å². The predicted molar refractivity (Wildman–Crippen MR) is 71.3 cm³/mol. The smallest absolute Gasteiger partial charge is 0.253 e. The number of anilines is 1. The van der Waals surface area contributed by atoms with Gasteiger partial charge in [0.2, 0.25) is 0 Å². The third-order valence-corrected chi connectivity index (χ3v) is 2.37. The summed E-state index contributed by atoms with van der Waals surface area (Å²) >= 11 is 5.57. The SMILES string of the molecule is C=C(Cl)CNC(=O)c1cc(OC)c(OC)cc1N. The van der Waals surface area contributed by atoms with Gasteiger partial charge in [-0.2, -0.15) is 0 Å². The number of benzene rings is 1. The highest BCUT2D eigenvalue weighted by Gasteiger charge is 2.14. The van der Waals surface area contributed by atoms with Crippen LogP contribution in [0.1, 0.15) is 10.4 Å². The van der Waals surface area contributed by atoms with Crippen molar-refractivity contribution in [3.8, 4) is 11.5 Å². The average molecular weight is 271 g/mol. The van der Waals surface area contributed by atoms with Crippen LogP contribution in [0.5, 0.6) is 11.5 Å². The molecule has 0 radical (unpaired) electrons. The molecule has 6 heteroatoms. The molecule has 0 aliphatic rings. The molecule has 1 aromatic rings. The van der Waals surface area contributed by atoms with Crippen molar-refractivity contribution in [1.82, 2.24) is 5.32 Å². The number of nitrogens with one attached hydrogen (secondary N) is 1. The minimum atomic E-state index is -0.352. The van der Waals surface area contributed by atoms with Gasteiger partial charge in [0.1, 0.15) is 0 Å². The first-order chi connectivity index (χ1) is 8.49. The Kier molecular flexibility index (Phi) is 4.85. The molecule has 1 aromatic carbocycles. The number of carbonyl (C=O) groups excluding carboxylic acids is 1. The molecule has 0 heterocycles. The molecule has 0 saturated carbocycles. The molecule has 0 saturated heterocycles. The summed E-state index contributed by atoms with van der Waals surface area (Å²) < 4.78 is 10.2. The Labute approximate surface area is 111 Å². The summed E-state index contributed by atoms with van der Waals surface area (Å²) in [5, 5.41) is 2.92. The third-order valence-electron chi connectivity index (χ3n) is 2.24. The zero-order valence-electron chi connectivity index (χ0n) is 10.2. The molecule has 0 atom stereocenters. The molecule has 5 nitrogen and oxygen atoms in total. The van der Waals surface area contributed by atoms with Crippen molar-refractivity contribution in [2.75, 3.05) is 26.5 Å². The van der Waals surface area contributed by atoms with E-state index in [2.05, 4.69) is 11.9 Å². The van der Waals surface area contributed by atoms with Crippen LogP contribution in [-0.4, -0.2) is 26.7 Å². The number of halogens is 1. The maximum Gasteiger partial charge on any atom is 0.253 e. The molecule has 0 aliphatic carbocycles. The Morgan fingerprint density at radius 1 is 1.39 bits per heavy atom. The first-order valence-electron chi connectivity index (χ1n) is 5.12. The molecule has 0 spiro atoms. The number of nitrogens with two attached hydrogens (primary N) is 1. The quantitative estimate of drug-likeness (QED) is 0.800. The van der Waals surface area contributed by atoms with Gasteiger partial charge < -0.3 is 20.5 Å². The minimum absolute atomic E-state index is 0.175. The third kappa shape index (κ3) is 3.30. The highest BCUT2D eigenvalue weighted by molar-refractivity contribution is 6.29. The molecule has 0 aliphatic heterocycles. The van der Waals surface area contributed by atoms with Crippen LogP contribution in [0, 0.1) is 0 Å². The molecule has 0 unspecified atom stereocenters. The van der Waals surface area contributed by atoms with Crippen molar-refractivity contribution in [1.29, 1.82) is 0 Å². The number of ether oxygens (including phenoxy) is 2. The van der Waals surface area contributed by atoms with Gasteiger partial charge >= 0.3 is 0 Å². The number of amides is 1. The van der Waals surface area contributed by atoms with Gasteiger partial charge in [-0.05, 0) is 6.07 Å². The van der Waals surface area contributed by atoms with Crippen molar-refractivity contribution in [2.45, 2.75) is 0 Å². The summed E-state index contributed by atoms with van der Waals surface area (Å²) in [5.41, 5.74) is 6.37. The standard InChI is InChI=1S/C12H15ClN2O3/c1-7(13)6-15-12(16)8-4-10(17-2)11(18-3)5-9(8)14/h4-5H,1,6,14H2,2-3H3,(H,15,16). The lowest BCUT2D eigenvalue weighted by Gasteiger charge is -2.12. The summed E-state index contributed by atoms with van der Waals surface area (Å²) in [6, 6.07) is 3.05. The van der Waals surface area contributed by atoms with Crippen LogP contribution >= 0.6 is 11.6 Å². The fourth-order valence-corrected chi connectivity index (χ4v) is 1.43. The van der Waals surface area contributed by atoms with Gasteiger partial charge in [0.05, 0.1) is 26.3 Å². The lowest BCUT2D eigenvalue weighted by atomic mass is 10.1. The molecule has 18 heavy (non-hydrogen) atoms. The zero-order valence-corrected chi connectivity index (χ0v) is 11.0. The topological polar surface area (TPSA) is 73.6 Å². The van der Waals surface area contributed by atoms with Crippen LogP contribution in [0.25, 0.3) is 0 Å². The molecular formula is C12H15ClN2O3. The van der Waals surface area contributed by atoms with E-state index < -0.39 is 0 Å². The Morgan fingerprint density at radius 3 is 2.44 bits per heavy atom. The number of nitrogen functional groups attached to an aromatic ring is 1. The van der Waals surface area contributed by atoms with E-state index in [0.29, 0.717) is 27.8 Å². The van der Waals surface area contributed by atoms with Gasteiger partial charge in [0.25, 0.3) is 5.91 Å². The fraction of sp³-hybridized carbons (Fsp3) is 0.250. The summed E-state index contributed by atoms with van der Waals surface area (Å²) in [5.74, 6) is 0.546. The maximum atomic E-state index is 11.9. The minimum Gasteiger partial charge on any atom is -0.493 e. The van der Waals surface area contributed by atoms with Crippen molar-refractivity contribution in [2.24, 2.45) is 0 Å². The normalized spacial score (nSPS) is 9.72. The van der Waals surface area contributed by atoms with E-state index >= 15 is 0 Å². The molecule has 0 fully saturated rings. The zero-order chi connectivity index (χ0) is 13.7. The van der Waals surface area contributed by atoms with Crippen LogP contribution in [0.15, 0.2) is 23.7 Å². The van der Waals surface area contributed by atoms with E-state index in [1.54, 1.807) is 0 Å². The Balaban J connectivity index is 3.01. The molecule has 0 aromatic heterocycles. The molecule has 1 rings (SSSR count). The molecule has 3 N–H and O–H groups in total. The monoisotopic (exact) mass is 270 g/mol. The largest absolute Gasteiger partial charge is 0.493 e. The lowest BCUT2D eigenvalue weighted by molar-refractivity contribution is 0.0958. The Morgan fingerprint density at radius 2 is 1.94 bits per heavy atom. The van der Waals surface area contributed by atoms with Crippen LogP contribution in [0.2, 0.25) is 0 Å². The first-order valence-corrected chi connectivity index (χ1v) is 5.50. The van der Waals surface area contributed by atoms with Crippen LogP contribution in [-0.2, 0) is 0 Å². The number of methoxy groups -OCH3 is 2. The van der Waals surface area contributed by atoms with E-state index in [9.17, 15) is 4.79 Å². The summed E-state index contributed by atoms with van der Waals surface area (Å²) in [4.78, 5) is 11.9. The number of carbonyl (C=O) groups is 1. The summed E-state index contributed by atoms with van der Waals surface area (Å²) in [6.07, 6.45) is 0. The maximum absolute atomic E-state index is 11.9. The average Bonchev–Trinajstić information content (AvgIpc) is 2.35. The predicted octanol–water partition coefficient (Wildman–Crippen LogP) is 1.77. The van der Waals surface area contributed by atoms with Gasteiger partial charge in [-0.1, -0.05) is 18.2 Å². The first kappa shape index (κ1) is 14.2. The second-order valence-corrected chi connectivity index (χ2v) is 4.03.